The summed E-state index contributed by atoms with van der Waals surface area (Å²) in [6, 6.07) is 27.2. The zero-order chi connectivity index (χ0) is 98.4. The lowest BCUT2D eigenvalue weighted by Crippen LogP contribution is -2.53. The molecule has 5 heterocycles. The van der Waals surface area contributed by atoms with Crippen LogP contribution in [-0.2, 0) is 98.4 Å². The maximum absolute atomic E-state index is 15.5. The number of halogens is 14. The van der Waals surface area contributed by atoms with Gasteiger partial charge >= 0.3 is 0 Å². The maximum Gasteiger partial charge on any atom is 0.214 e. The molecule has 1 N–H and O–H groups in total. The molecule has 0 bridgehead atoms. The monoisotopic (exact) mass is 2160 g/mol. The Morgan fingerprint density at radius 3 is 0.881 bits per heavy atom. The SMILES string of the molecule is CCNS(=O)(=O)C[C@@H]1CC[C@@]2(S(=O)(=O)c3ccc(Cl)cc3)c3c(F)c(Cl)cc(F)c3OC[C@H]2C1.CN(C)S(=O)(=O)C[C@@H]1CC[C@@]2(S(=O)(=O)c3ccc(Cl)cc3)c3c(F)c(Cl)cc(F)c3OC[C@H]2C1.CN(C)S(=O)(=O)C[C@@H]1CC[C@@]2(S(=O)(=O)c3ccc(Cl)cc3)c3c(F)ccc(F)c3OC[C@H]2C1.O=S(=O)(C[C@@H]1CC[C@@]2(S(=O)(=O)c3ccc(Cl)cc3)c3c(F)ccc(F)c3OC[C@H]2C1)N1CCC1. The Morgan fingerprint density at radius 2 is 0.615 bits per heavy atom. The fourth-order valence-corrected chi connectivity index (χ4v) is 37.0. The standard InChI is InChI=1S/C23H24ClF2NO5S2.2C22H23Cl2F2NO5S2.C22H24ClF2NO5S2/c24-17-2-4-18(5-3-17)34(30,31)23-9-8-15(14-33(28,29)27-10-1-11-27)12-16(23)13-32-22-20(26)7-6-19(25)21(22)23;1-27(2)33(28,29)12-13-7-8-22(34(30,31)16-5-3-15(23)4-6-16)14(9-13)11-32-21-18(25)10-17(24)20(26)19(21)22;1-2-27-33(28,29)12-13-7-8-22(34(30,31)16-5-3-15(23)4-6-16)14(9-13)11-32-21-18(25)10-17(24)20(26)19(21)22;1-26(2)32(27,28)13-14-9-10-22(33(29,30)17-5-3-16(23)4-6-17)15(11-14)12-31-21-19(25)8-7-18(24)20(21)22/h2-7,15-16H,1,8-14H2;3-6,10,13-14H,7-9,11-12H2,1-2H3;3-6,10,13-14,27H,2,7-9,11-12H2,1H3;3-8,14-15H,9-13H2,1-2H3/t15-,16-,23+;2*13-,14-,22+;14-,15-,22+/m1111/s1. The number of rotatable bonds is 21. The lowest BCUT2D eigenvalue weighted by molar-refractivity contribution is 0.103. The molecule has 8 aromatic carbocycles. The van der Waals surface area contributed by atoms with Gasteiger partial charge in [-0.2, -0.15) is 0 Å². The average molecular weight is 2160 g/mol. The first-order chi connectivity index (χ1) is 63.2. The molecule has 17 rings (SSSR count). The molecule has 0 aromatic heterocycles. The molecule has 8 aromatic rings. The van der Waals surface area contributed by atoms with E-state index in [9.17, 15) is 84.9 Å². The van der Waals surface area contributed by atoms with Gasteiger partial charge in [0.05, 0.1) is 101 Å². The van der Waals surface area contributed by atoms with Crippen molar-refractivity contribution in [1.29, 1.82) is 0 Å². The molecular weight excluding hydrogens is 2070 g/mol. The molecule has 12 atom stereocenters. The van der Waals surface area contributed by atoms with Gasteiger partial charge in [0.2, 0.25) is 40.1 Å². The van der Waals surface area contributed by atoms with Crippen molar-refractivity contribution in [3.63, 3.8) is 0 Å². The van der Waals surface area contributed by atoms with E-state index in [0.717, 1.165) is 51.4 Å². The van der Waals surface area contributed by atoms with E-state index in [2.05, 4.69) is 4.72 Å². The molecule has 0 radical (unpaired) electrons. The molecule has 5 fully saturated rings. The Balaban J connectivity index is 0.000000144. The van der Waals surface area contributed by atoms with Crippen molar-refractivity contribution in [2.75, 3.05) is 97.3 Å². The predicted octanol–water partition coefficient (Wildman–Crippen LogP) is 17.4. The van der Waals surface area contributed by atoms with Gasteiger partial charge in [-0.15, -0.1) is 0 Å². The van der Waals surface area contributed by atoms with E-state index in [-0.39, 0.29) is 193 Å². The second-order valence-corrected chi connectivity index (χ2v) is 55.3. The molecule has 46 heteroatoms. The van der Waals surface area contributed by atoms with Crippen LogP contribution in [-0.4, -0.2) is 178 Å². The first kappa shape index (κ1) is 104. The number of fused-ring (bicyclic) bond motifs is 12. The quantitative estimate of drug-likeness (QED) is 0.0516. The number of sulfonamides is 4. The van der Waals surface area contributed by atoms with E-state index < -0.39 is 207 Å². The van der Waals surface area contributed by atoms with Crippen LogP contribution in [0.5, 0.6) is 23.0 Å². The molecule has 24 nitrogen and oxygen atoms in total. The Labute approximate surface area is 810 Å². The highest BCUT2D eigenvalue weighted by Gasteiger charge is 2.65. The zero-order valence-corrected chi connectivity index (χ0v) is 83.9. The summed E-state index contributed by atoms with van der Waals surface area (Å²) in [5.41, 5.74) is -1.49. The Kier molecular flexibility index (Phi) is 30.5. The summed E-state index contributed by atoms with van der Waals surface area (Å²) in [5, 5.41) is 0.213. The van der Waals surface area contributed by atoms with Crippen molar-refractivity contribution in [2.45, 2.75) is 129 Å². The summed E-state index contributed by atoms with van der Waals surface area (Å²) >= 11 is 35.6. The predicted molar refractivity (Wildman–Crippen MR) is 494 cm³/mol. The summed E-state index contributed by atoms with van der Waals surface area (Å²) in [7, 11) is -25.5. The molecule has 4 saturated carbocycles. The van der Waals surface area contributed by atoms with Crippen molar-refractivity contribution < 1.29 is 121 Å². The highest BCUT2D eigenvalue weighted by molar-refractivity contribution is 7.93. The number of ether oxygens (including phenoxy) is 4. The number of nitrogens with zero attached hydrogens (tertiary/aromatic N) is 3. The minimum Gasteiger partial charge on any atom is -0.490 e. The largest absolute Gasteiger partial charge is 0.490 e. The van der Waals surface area contributed by atoms with E-state index in [0.29, 0.717) is 33.2 Å². The van der Waals surface area contributed by atoms with Crippen molar-refractivity contribution in [3.05, 3.63) is 232 Å². The lowest BCUT2D eigenvalue weighted by Gasteiger charge is -2.49. The van der Waals surface area contributed by atoms with E-state index in [1.807, 2.05) is 0 Å². The zero-order valence-electron chi connectivity index (χ0n) is 72.9. The van der Waals surface area contributed by atoms with Gasteiger partial charge in [0.25, 0.3) is 0 Å². The van der Waals surface area contributed by atoms with Crippen LogP contribution >= 0.6 is 69.6 Å². The van der Waals surface area contributed by atoms with Crippen LogP contribution in [0.3, 0.4) is 0 Å². The molecule has 9 aliphatic rings. The second kappa shape index (κ2) is 39.5. The molecule has 0 spiro atoms. The van der Waals surface area contributed by atoms with Crippen LogP contribution in [0.15, 0.2) is 153 Å². The van der Waals surface area contributed by atoms with Crippen LogP contribution < -0.4 is 23.7 Å². The van der Waals surface area contributed by atoms with Gasteiger partial charge in [-0.3, -0.25) is 0 Å². The Bertz CT molecular complexity index is 6910. The molecule has 4 aliphatic carbocycles. The smallest absolute Gasteiger partial charge is 0.214 e. The Hall–Kier alpha value is -6.42. The van der Waals surface area contributed by atoms with Crippen LogP contribution in [0.2, 0.25) is 30.1 Å². The van der Waals surface area contributed by atoms with E-state index in [1.54, 1.807) is 6.92 Å². The van der Waals surface area contributed by atoms with Crippen molar-refractivity contribution in [1.82, 2.24) is 17.6 Å². The highest BCUT2D eigenvalue weighted by atomic mass is 35.5. The number of nitrogens with one attached hydrogen (secondary N) is 1. The minimum atomic E-state index is -4.32. The molecule has 736 valence electrons. The number of hydrogen-bond donors (Lipinski definition) is 1. The van der Waals surface area contributed by atoms with Gasteiger partial charge in [0, 0.05) is 91.6 Å². The first-order valence-electron chi connectivity index (χ1n) is 42.8. The summed E-state index contributed by atoms with van der Waals surface area (Å²) in [6.07, 6.45) is 1.91. The van der Waals surface area contributed by atoms with Gasteiger partial charge in [-0.25, -0.2) is 120 Å². The minimum absolute atomic E-state index is 0.0421. The summed E-state index contributed by atoms with van der Waals surface area (Å²) in [6.45, 7) is 2.13. The van der Waals surface area contributed by atoms with Crippen molar-refractivity contribution >= 4 is 149 Å². The molecule has 5 aliphatic heterocycles. The van der Waals surface area contributed by atoms with Crippen LogP contribution in [0.25, 0.3) is 0 Å². The second-order valence-electron chi connectivity index (χ2n) is 35.6. The van der Waals surface area contributed by atoms with E-state index >= 15 is 17.6 Å². The van der Waals surface area contributed by atoms with Gasteiger partial charge in [-0.05, 0) is 241 Å². The maximum atomic E-state index is 15.5. The number of sulfone groups is 4. The highest BCUT2D eigenvalue weighted by Crippen LogP contribution is 2.64. The van der Waals surface area contributed by atoms with Crippen LogP contribution in [0, 0.1) is 93.9 Å². The van der Waals surface area contributed by atoms with E-state index in [4.69, 9.17) is 88.6 Å². The molecular formula is C89H94Cl6F8N4O20S8. The summed E-state index contributed by atoms with van der Waals surface area (Å²) in [5.74, 6) is -14.4. The third-order valence-electron chi connectivity index (χ3n) is 27.5. The molecule has 0 amide bonds. The molecule has 135 heavy (non-hydrogen) atoms. The Morgan fingerprint density at radius 1 is 0.356 bits per heavy atom. The van der Waals surface area contributed by atoms with Gasteiger partial charge < -0.3 is 18.9 Å². The number of hydrogen-bond acceptors (Lipinski definition) is 20. The van der Waals surface area contributed by atoms with Crippen molar-refractivity contribution in [3.8, 4) is 23.0 Å². The van der Waals surface area contributed by atoms with Crippen molar-refractivity contribution in [2.24, 2.45) is 47.3 Å². The fourth-order valence-electron chi connectivity index (χ4n) is 20.8. The van der Waals surface area contributed by atoms with Crippen LogP contribution in [0.1, 0.15) is 113 Å². The first-order valence-corrected chi connectivity index (χ1v) is 57.5. The van der Waals surface area contributed by atoms with Gasteiger partial charge in [0.15, 0.2) is 97.3 Å². The lowest BCUT2D eigenvalue weighted by atomic mass is 9.69. The molecule has 0 unspecified atom stereocenters. The summed E-state index contributed by atoms with van der Waals surface area (Å²) in [4.78, 5) is -0.319. The normalized spacial score (nSPS) is 25.5. The number of benzene rings is 8. The summed E-state index contributed by atoms with van der Waals surface area (Å²) < 4.78 is 354. The van der Waals surface area contributed by atoms with Crippen LogP contribution in [0.4, 0.5) is 35.1 Å². The van der Waals surface area contributed by atoms with Gasteiger partial charge in [0.1, 0.15) is 30.6 Å². The van der Waals surface area contributed by atoms with E-state index in [1.165, 1.54) is 130 Å². The topological polar surface area (TPSA) is 332 Å². The van der Waals surface area contributed by atoms with Gasteiger partial charge in [-0.1, -0.05) is 76.5 Å². The molecule has 1 saturated heterocycles. The average Bonchev–Trinajstić information content (AvgIpc) is 0.710. The third-order valence-corrected chi connectivity index (χ3v) is 47.1. The fraction of sp³-hybridized carbons (Fsp3) is 0.461. The third kappa shape index (κ3) is 19.2.